The minimum absolute atomic E-state index is 0.435. The van der Waals surface area contributed by atoms with Crippen LogP contribution in [0.15, 0.2) is 0 Å². The summed E-state index contributed by atoms with van der Waals surface area (Å²) in [5, 5.41) is 0. The minimum atomic E-state index is 0.435. The summed E-state index contributed by atoms with van der Waals surface area (Å²) in [4.78, 5) is 0. The van der Waals surface area contributed by atoms with E-state index in [-0.39, 0.29) is 0 Å². The number of nitrogens with zero attached hydrogens (tertiary/aromatic N) is 1. The Balaban J connectivity index is 3.25. The molecule has 0 aromatic rings. The van der Waals surface area contributed by atoms with Crippen LogP contribution in [-0.2, 0) is 0 Å². The van der Waals surface area contributed by atoms with E-state index in [2.05, 4.69) is 50.7 Å². The van der Waals surface area contributed by atoms with Crippen LogP contribution in [0, 0.1) is 0 Å². The molecule has 1 nitrogen and oxygen atoms in total. The van der Waals surface area contributed by atoms with Gasteiger partial charge in [0.2, 0.25) is 0 Å². The third-order valence-electron chi connectivity index (χ3n) is 4.00. The average Bonchev–Trinajstić information content (AvgIpc) is 2.43. The van der Waals surface area contributed by atoms with Crippen LogP contribution in [0.4, 0.5) is 0 Å². The molecule has 0 fully saturated rings. The minimum Gasteiger partial charge on any atom is -0.169 e. The Kier molecular flexibility index (Phi) is 16.2. The van der Waals surface area contributed by atoms with Crippen molar-refractivity contribution in [2.45, 2.75) is 111 Å². The summed E-state index contributed by atoms with van der Waals surface area (Å²) >= 11 is 2.20. The van der Waals surface area contributed by atoms with Crippen molar-refractivity contribution in [3.63, 3.8) is 0 Å². The van der Waals surface area contributed by atoms with Gasteiger partial charge in [0.1, 0.15) is 7.93 Å². The topological polar surface area (TPSA) is 3.24 Å². The van der Waals surface area contributed by atoms with E-state index in [0.29, 0.717) is 20.0 Å². The van der Waals surface area contributed by atoms with Gasteiger partial charge in [-0.3, -0.25) is 0 Å². The molecule has 0 aliphatic carbocycles. The van der Waals surface area contributed by atoms with E-state index in [1.54, 1.807) is 0 Å². The van der Waals surface area contributed by atoms with Gasteiger partial charge in [0.05, 0.1) is 0 Å². The summed E-state index contributed by atoms with van der Waals surface area (Å²) in [6.45, 7) is 11.6. The highest BCUT2D eigenvalue weighted by Gasteiger charge is 2.18. The normalized spacial score (nSPS) is 12.6. The maximum Gasteiger partial charge on any atom is 0.117 e. The van der Waals surface area contributed by atoms with Crippen LogP contribution in [-0.4, -0.2) is 22.5 Å². The largest absolute Gasteiger partial charge is 0.169 e. The van der Waals surface area contributed by atoms with E-state index >= 15 is 0 Å². The van der Waals surface area contributed by atoms with E-state index in [1.165, 1.54) is 70.0 Å². The van der Waals surface area contributed by atoms with Crippen LogP contribution in [0.5, 0.6) is 0 Å². The maximum absolute atomic E-state index is 2.67. The van der Waals surface area contributed by atoms with Gasteiger partial charge in [-0.1, -0.05) is 64.7 Å². The first-order valence-electron chi connectivity index (χ1n) is 9.32. The molecule has 0 aliphatic rings. The number of unbranched alkanes of at least 4 members (excludes halogenated alkanes) is 9. The molecule has 0 heterocycles. The first-order chi connectivity index (χ1) is 10.1. The lowest BCUT2D eigenvalue weighted by atomic mass is 10.1. The third kappa shape index (κ3) is 14.1. The van der Waals surface area contributed by atoms with Crippen molar-refractivity contribution in [2.24, 2.45) is 0 Å². The summed E-state index contributed by atoms with van der Waals surface area (Å²) in [6, 6.07) is 1.42. The van der Waals surface area contributed by atoms with Crippen molar-refractivity contribution in [1.29, 1.82) is 0 Å². The van der Waals surface area contributed by atoms with E-state index in [9.17, 15) is 0 Å². The molecule has 0 bridgehead atoms. The van der Waals surface area contributed by atoms with Crippen molar-refractivity contribution in [2.75, 3.05) is 5.75 Å². The molecule has 1 unspecified atom stereocenters. The maximum atomic E-state index is 2.67. The fourth-order valence-corrected chi connectivity index (χ4v) is 6.58. The molecule has 3 heteroatoms. The molecular formula is C18H41NPS+. The predicted octanol–water partition coefficient (Wildman–Crippen LogP) is 7.00. The highest BCUT2D eigenvalue weighted by Crippen LogP contribution is 2.37. The molecule has 0 spiro atoms. The second-order valence-corrected chi connectivity index (χ2v) is 9.97. The smallest absolute Gasteiger partial charge is 0.117 e. The van der Waals surface area contributed by atoms with Crippen molar-refractivity contribution in [3.8, 4) is 0 Å². The summed E-state index contributed by atoms with van der Waals surface area (Å²) < 4.78 is 2.67. The summed E-state index contributed by atoms with van der Waals surface area (Å²) in [6.07, 6.45) is 14.5. The second-order valence-electron chi connectivity index (χ2n) is 6.79. The molecule has 21 heavy (non-hydrogen) atoms. The molecule has 0 aromatic heterocycles. The van der Waals surface area contributed by atoms with Crippen molar-refractivity contribution >= 4 is 19.3 Å². The van der Waals surface area contributed by atoms with Gasteiger partial charge in [0.15, 0.2) is 0 Å². The van der Waals surface area contributed by atoms with Crippen molar-refractivity contribution in [3.05, 3.63) is 0 Å². The van der Waals surface area contributed by atoms with Crippen LogP contribution in [0.25, 0.3) is 0 Å². The quantitative estimate of drug-likeness (QED) is 0.234. The molecule has 0 amide bonds. The monoisotopic (exact) mass is 334 g/mol. The van der Waals surface area contributed by atoms with Gasteiger partial charge in [-0.05, 0) is 34.1 Å². The molecule has 0 N–H and O–H groups in total. The second kappa shape index (κ2) is 15.6. The third-order valence-corrected chi connectivity index (χ3v) is 8.00. The molecule has 0 saturated carbocycles. The van der Waals surface area contributed by atoms with Gasteiger partial charge < -0.3 is 0 Å². The fourth-order valence-electron chi connectivity index (χ4n) is 2.65. The van der Waals surface area contributed by atoms with Gasteiger partial charge in [0, 0.05) is 29.2 Å². The highest BCUT2D eigenvalue weighted by molar-refractivity contribution is 8.48. The Hall–Kier alpha value is 0.740. The molecule has 0 aromatic carbocycles. The number of rotatable bonds is 15. The summed E-state index contributed by atoms with van der Waals surface area (Å²) in [5.74, 6) is 1.38. The van der Waals surface area contributed by atoms with E-state index < -0.39 is 0 Å². The molecule has 0 rings (SSSR count). The molecule has 0 radical (unpaired) electrons. The van der Waals surface area contributed by atoms with Gasteiger partial charge in [-0.15, -0.1) is 0 Å². The lowest BCUT2D eigenvalue weighted by molar-refractivity contribution is 0.333. The Labute approximate surface area is 141 Å². The Bertz CT molecular complexity index is 201. The van der Waals surface area contributed by atoms with E-state index in [1.807, 2.05) is 0 Å². The van der Waals surface area contributed by atoms with Gasteiger partial charge in [-0.2, -0.15) is 4.67 Å². The molecule has 128 valence electrons. The van der Waals surface area contributed by atoms with Gasteiger partial charge in [0.25, 0.3) is 0 Å². The Morgan fingerprint density at radius 2 is 1.14 bits per heavy atom. The van der Waals surface area contributed by atoms with Crippen LogP contribution in [0.2, 0.25) is 0 Å². The van der Waals surface area contributed by atoms with E-state index in [4.69, 9.17) is 0 Å². The van der Waals surface area contributed by atoms with Crippen molar-refractivity contribution in [1.82, 2.24) is 4.67 Å². The number of hydrogen-bond acceptors (Lipinski definition) is 2. The standard InChI is InChI=1S/C18H40NPS/c1-6-7-8-9-10-11-12-13-14-15-16-21-20-19(17(2)3)18(4)5/h17-18,20H,6-16H2,1-5H3/p+1. The first-order valence-corrected chi connectivity index (χ1v) is 12.3. The van der Waals surface area contributed by atoms with Gasteiger partial charge >= 0.3 is 0 Å². The summed E-state index contributed by atoms with van der Waals surface area (Å²) in [5.41, 5.74) is 0. The highest BCUT2D eigenvalue weighted by atomic mass is 32.7. The van der Waals surface area contributed by atoms with Crippen LogP contribution in [0.1, 0.15) is 98.8 Å². The van der Waals surface area contributed by atoms with Gasteiger partial charge in [-0.25, -0.2) is 0 Å². The van der Waals surface area contributed by atoms with Crippen LogP contribution >= 0.6 is 19.3 Å². The fraction of sp³-hybridized carbons (Fsp3) is 1.00. The average molecular weight is 335 g/mol. The van der Waals surface area contributed by atoms with Crippen LogP contribution in [0.3, 0.4) is 0 Å². The Morgan fingerprint density at radius 1 is 0.714 bits per heavy atom. The zero-order valence-corrected chi connectivity index (χ0v) is 17.3. The molecular weight excluding hydrogens is 293 g/mol. The first kappa shape index (κ1) is 21.7. The number of hydrogen-bond donors (Lipinski definition) is 0. The van der Waals surface area contributed by atoms with Crippen molar-refractivity contribution < 1.29 is 0 Å². The van der Waals surface area contributed by atoms with Crippen LogP contribution < -0.4 is 0 Å². The molecule has 1 atom stereocenters. The summed E-state index contributed by atoms with van der Waals surface area (Å²) in [7, 11) is 0.435. The lowest BCUT2D eigenvalue weighted by Gasteiger charge is -2.23. The zero-order valence-electron chi connectivity index (χ0n) is 15.4. The van der Waals surface area contributed by atoms with E-state index in [0.717, 1.165) is 0 Å². The SMILES string of the molecule is CCCCCCCCCCCCS[PH2+]N(C(C)C)C(C)C. The zero-order chi connectivity index (χ0) is 15.9. The predicted molar refractivity (Wildman–Crippen MR) is 106 cm³/mol. The lowest BCUT2D eigenvalue weighted by Crippen LogP contribution is -2.28. The molecule has 0 saturated heterocycles. The molecule has 0 aliphatic heterocycles. The Morgan fingerprint density at radius 3 is 1.57 bits per heavy atom.